The number of benzene rings is 1. The molecule has 0 spiro atoms. The predicted molar refractivity (Wildman–Crippen MR) is 218 cm³/mol. The van der Waals surface area contributed by atoms with Crippen molar-refractivity contribution in [2.75, 3.05) is 0 Å². The molecule has 0 aliphatic heterocycles. The van der Waals surface area contributed by atoms with Crippen LogP contribution in [0.2, 0.25) is 0 Å². The van der Waals surface area contributed by atoms with Gasteiger partial charge in [0.2, 0.25) is 35.4 Å². The lowest BCUT2D eigenvalue weighted by atomic mass is 9.99. The zero-order valence-electron chi connectivity index (χ0n) is 34.9. The van der Waals surface area contributed by atoms with E-state index >= 15 is 0 Å². The van der Waals surface area contributed by atoms with Crippen LogP contribution in [0.3, 0.4) is 0 Å². The minimum Gasteiger partial charge on any atom is -0.481 e. The van der Waals surface area contributed by atoms with Gasteiger partial charge in [0.25, 0.3) is 0 Å². The van der Waals surface area contributed by atoms with E-state index in [2.05, 4.69) is 41.9 Å². The second-order valence-electron chi connectivity index (χ2n) is 15.3. The Balaban J connectivity index is 2.42. The number of carboxylic acid groups (broad SMARTS) is 3. The van der Waals surface area contributed by atoms with Crippen molar-refractivity contribution < 1.29 is 58.5 Å². The van der Waals surface area contributed by atoms with Gasteiger partial charge in [-0.25, -0.2) is 9.78 Å². The molecule has 0 bridgehead atoms. The zero-order chi connectivity index (χ0) is 45.8. The first-order valence-corrected chi connectivity index (χ1v) is 20.0. The third kappa shape index (κ3) is 18.2. The van der Waals surface area contributed by atoms with E-state index in [-0.39, 0.29) is 31.1 Å². The molecule has 0 unspecified atom stereocenters. The predicted octanol–water partition coefficient (Wildman–Crippen LogP) is -0.643. The molecule has 8 atom stereocenters. The van der Waals surface area contributed by atoms with Crippen molar-refractivity contribution in [3.8, 4) is 0 Å². The molecule has 12 N–H and O–H groups in total. The highest BCUT2D eigenvalue weighted by atomic mass is 16.4. The number of carbonyl (C=O) groups is 9. The molecule has 0 aliphatic rings. The van der Waals surface area contributed by atoms with Gasteiger partial charge < -0.3 is 57.9 Å². The number of hydrogen-bond acceptors (Lipinski definition) is 11. The number of nitrogens with zero attached hydrogens (tertiary/aromatic N) is 1. The number of aromatic amines is 1. The number of imidazole rings is 1. The molecule has 21 nitrogen and oxygen atoms in total. The Hall–Kier alpha value is -6.38. The fourth-order valence-corrected chi connectivity index (χ4v) is 5.92. The van der Waals surface area contributed by atoms with Crippen LogP contribution in [0, 0.1) is 11.8 Å². The van der Waals surface area contributed by atoms with Crippen molar-refractivity contribution in [3.05, 3.63) is 54.1 Å². The highest BCUT2D eigenvalue weighted by Crippen LogP contribution is 2.11. The fraction of sp³-hybridized carbons (Fsp3) is 0.550. The van der Waals surface area contributed by atoms with Crippen LogP contribution in [-0.4, -0.2) is 121 Å². The Morgan fingerprint density at radius 1 is 0.639 bits per heavy atom. The zero-order valence-corrected chi connectivity index (χ0v) is 34.9. The van der Waals surface area contributed by atoms with Gasteiger partial charge in [-0.2, -0.15) is 0 Å². The molecule has 21 heteroatoms. The van der Waals surface area contributed by atoms with Crippen molar-refractivity contribution >= 4 is 53.4 Å². The van der Waals surface area contributed by atoms with Gasteiger partial charge >= 0.3 is 17.9 Å². The van der Waals surface area contributed by atoms with Crippen molar-refractivity contribution in [1.82, 2.24) is 41.9 Å². The molecular weight excluding hydrogens is 798 g/mol. The molecule has 0 radical (unpaired) electrons. The van der Waals surface area contributed by atoms with E-state index in [1.165, 1.54) is 19.4 Å². The van der Waals surface area contributed by atoms with Gasteiger partial charge in [-0.3, -0.25) is 38.4 Å². The molecule has 1 aromatic carbocycles. The number of hydrogen-bond donors (Lipinski definition) is 11. The minimum atomic E-state index is -1.60. The summed E-state index contributed by atoms with van der Waals surface area (Å²) in [6, 6.07) is -0.894. The van der Waals surface area contributed by atoms with Gasteiger partial charge in [0, 0.05) is 37.6 Å². The Labute approximate surface area is 353 Å². The van der Waals surface area contributed by atoms with Crippen LogP contribution in [0.25, 0.3) is 0 Å². The summed E-state index contributed by atoms with van der Waals surface area (Å²) < 4.78 is 0. The topological polar surface area (TPSA) is 341 Å². The first kappa shape index (κ1) is 50.8. The normalized spacial score (nSPS) is 15.0. The molecule has 1 aromatic heterocycles. The maximum Gasteiger partial charge on any atom is 0.326 e. The number of aliphatic carboxylic acids is 3. The third-order valence-electron chi connectivity index (χ3n) is 9.72. The summed E-state index contributed by atoms with van der Waals surface area (Å²) in [5.41, 5.74) is 7.03. The highest BCUT2D eigenvalue weighted by Gasteiger charge is 2.34. The monoisotopic (exact) mass is 857 g/mol. The smallest absolute Gasteiger partial charge is 0.326 e. The summed E-state index contributed by atoms with van der Waals surface area (Å²) in [6.07, 6.45) is 1.02. The average molecular weight is 858 g/mol. The molecule has 2 rings (SSSR count). The Bertz CT molecular complexity index is 1810. The number of rotatable bonds is 27. The van der Waals surface area contributed by atoms with Crippen LogP contribution in [0.5, 0.6) is 0 Å². The van der Waals surface area contributed by atoms with Gasteiger partial charge in [0.1, 0.15) is 36.3 Å². The molecule has 2 aromatic rings. The van der Waals surface area contributed by atoms with E-state index in [1.807, 2.05) is 6.92 Å². The Kier molecular flexibility index (Phi) is 21.0. The van der Waals surface area contributed by atoms with Crippen LogP contribution >= 0.6 is 0 Å². The van der Waals surface area contributed by atoms with Crippen LogP contribution in [0.4, 0.5) is 0 Å². The van der Waals surface area contributed by atoms with Gasteiger partial charge in [-0.15, -0.1) is 0 Å². The second-order valence-corrected chi connectivity index (χ2v) is 15.3. The molecule has 0 fully saturated rings. The molecule has 0 saturated heterocycles. The van der Waals surface area contributed by atoms with Gasteiger partial charge in [0.05, 0.1) is 12.4 Å². The number of carboxylic acids is 3. The average Bonchev–Trinajstić information content (AvgIpc) is 3.72. The summed E-state index contributed by atoms with van der Waals surface area (Å²) in [4.78, 5) is 123. The molecule has 0 saturated carbocycles. The minimum absolute atomic E-state index is 0.0223. The van der Waals surface area contributed by atoms with E-state index in [0.29, 0.717) is 17.7 Å². The summed E-state index contributed by atoms with van der Waals surface area (Å²) in [6.45, 7) is 8.50. The maximum absolute atomic E-state index is 14.1. The first-order chi connectivity index (χ1) is 28.7. The molecule has 1 heterocycles. The van der Waals surface area contributed by atoms with E-state index in [1.54, 1.807) is 51.1 Å². The molecule has 6 amide bonds. The van der Waals surface area contributed by atoms with Crippen LogP contribution in [0.15, 0.2) is 42.9 Å². The highest BCUT2D eigenvalue weighted by molar-refractivity contribution is 5.97. The van der Waals surface area contributed by atoms with E-state index < -0.39 is 121 Å². The number of H-pyrrole nitrogens is 1. The lowest BCUT2D eigenvalue weighted by Crippen LogP contribution is -2.60. The van der Waals surface area contributed by atoms with E-state index in [9.17, 15) is 53.4 Å². The fourth-order valence-electron chi connectivity index (χ4n) is 5.92. The standard InChI is InChI=1S/C40H59N9O12/c1-6-22(4)33(41)39(59)44-23(5)34(54)47-30(18-25-19-42-20-43-25)38(58)49-29(17-24-10-8-7-9-11-24)37(57)45-26(12-14-31(50)51)35(55)48-28(16-21(2)3)36(56)46-27(40(60)61)13-15-32(52)53/h7-11,19-23,26-30,33H,6,12-18,41H2,1-5H3,(H,42,43)(H,44,59)(H,45,57)(H,46,56)(H,47,54)(H,48,55)(H,49,58)(H,50,51)(H,52,53)(H,60,61)/t22-,23-,26-,27-,28-,29-,30-,33-/m0/s1. The van der Waals surface area contributed by atoms with Gasteiger partial charge in [-0.05, 0) is 43.6 Å². The second kappa shape index (κ2) is 25.3. The van der Waals surface area contributed by atoms with E-state index in [4.69, 9.17) is 10.8 Å². The SMILES string of the molecule is CC[C@H](C)[C@H](N)C(=O)N[C@@H](C)C(=O)N[C@@H](Cc1cnc[nH]1)C(=O)N[C@@H](Cc1ccccc1)C(=O)N[C@@H](CCC(=O)O)C(=O)N[C@@H](CC(C)C)C(=O)N[C@@H](CCC(=O)O)C(=O)O. The lowest BCUT2D eigenvalue weighted by Gasteiger charge is -2.28. The molecule has 0 aliphatic carbocycles. The first-order valence-electron chi connectivity index (χ1n) is 20.0. The van der Waals surface area contributed by atoms with Crippen molar-refractivity contribution in [1.29, 1.82) is 0 Å². The number of aromatic nitrogens is 2. The number of carbonyl (C=O) groups excluding carboxylic acids is 6. The van der Waals surface area contributed by atoms with Gasteiger partial charge in [-0.1, -0.05) is 64.4 Å². The van der Waals surface area contributed by atoms with Crippen LogP contribution in [0.1, 0.15) is 84.4 Å². The Morgan fingerprint density at radius 3 is 1.66 bits per heavy atom. The molecule has 61 heavy (non-hydrogen) atoms. The lowest BCUT2D eigenvalue weighted by molar-refractivity contribution is -0.143. The molecular formula is C40H59N9O12. The summed E-state index contributed by atoms with van der Waals surface area (Å²) >= 11 is 0. The largest absolute Gasteiger partial charge is 0.481 e. The van der Waals surface area contributed by atoms with Crippen LogP contribution in [-0.2, 0) is 56.0 Å². The number of amides is 6. The van der Waals surface area contributed by atoms with Crippen molar-refractivity contribution in [3.63, 3.8) is 0 Å². The summed E-state index contributed by atoms with van der Waals surface area (Å²) in [7, 11) is 0. The van der Waals surface area contributed by atoms with Crippen LogP contribution < -0.4 is 37.6 Å². The van der Waals surface area contributed by atoms with E-state index in [0.717, 1.165) is 0 Å². The molecule has 336 valence electrons. The maximum atomic E-state index is 14.1. The third-order valence-corrected chi connectivity index (χ3v) is 9.72. The quantitative estimate of drug-likeness (QED) is 0.0533. The summed E-state index contributed by atoms with van der Waals surface area (Å²) in [5, 5.41) is 43.1. The van der Waals surface area contributed by atoms with Gasteiger partial charge in [0.15, 0.2) is 0 Å². The summed E-state index contributed by atoms with van der Waals surface area (Å²) in [5.74, 6) is -9.55. The number of nitrogens with one attached hydrogen (secondary N) is 7. The van der Waals surface area contributed by atoms with Crippen molar-refractivity contribution in [2.24, 2.45) is 17.6 Å². The Morgan fingerprint density at radius 2 is 1.13 bits per heavy atom. The van der Waals surface area contributed by atoms with Crippen molar-refractivity contribution in [2.45, 2.75) is 128 Å². The number of nitrogens with two attached hydrogens (primary N) is 1.